The number of rotatable bonds is 11. The van der Waals surface area contributed by atoms with Crippen LogP contribution < -0.4 is 16.0 Å². The van der Waals surface area contributed by atoms with E-state index < -0.39 is 23.2 Å². The topological polar surface area (TPSA) is 123 Å². The van der Waals surface area contributed by atoms with Crippen LogP contribution >= 0.6 is 0 Å². The average Bonchev–Trinajstić information content (AvgIpc) is 2.74. The van der Waals surface area contributed by atoms with Crippen molar-refractivity contribution >= 4 is 17.9 Å². The van der Waals surface area contributed by atoms with Crippen LogP contribution in [0.25, 0.3) is 0 Å². The van der Waals surface area contributed by atoms with Crippen LogP contribution in [0.5, 0.6) is 17.4 Å². The number of carbonyl (C=O) groups excluding carboxylic acids is 1. The molecule has 0 saturated carbocycles. The van der Waals surface area contributed by atoms with E-state index in [9.17, 15) is 24.6 Å². The number of benzene rings is 1. The molecular weight excluding hydrogens is 438 g/mol. The molecule has 34 heavy (non-hydrogen) atoms. The molecule has 0 aliphatic carbocycles. The maximum Gasteiger partial charge on any atom is 0.334 e. The lowest BCUT2D eigenvalue weighted by atomic mass is 10.1. The molecule has 0 atom stereocenters. The number of aliphatic imine (C=N–C) groups is 1. The molecule has 0 saturated heterocycles. The average molecular weight is 474 g/mol. The third kappa shape index (κ3) is 6.59. The Morgan fingerprint density at radius 2 is 1.68 bits per heavy atom. The molecule has 9 nitrogen and oxygen atoms in total. The summed E-state index contributed by atoms with van der Waals surface area (Å²) in [6.07, 6.45) is 6.51. The number of aromatic nitrogens is 2. The summed E-state index contributed by atoms with van der Waals surface area (Å²) in [7, 11) is 0. The standard InChI is InChI=1S/C25H35N3O6/c1-6-7-8-9-10-11-22(30)34-18-12-13-20(21(29)14-18)26-15-19-23(31)27(16(2)3)25(33)28(17(4)5)24(19)32/h12-17,29,31H,6-11H2,1-5H3. The van der Waals surface area contributed by atoms with Crippen LogP contribution in [-0.2, 0) is 4.79 Å². The Morgan fingerprint density at radius 1 is 1.03 bits per heavy atom. The molecule has 0 unspecified atom stereocenters. The molecule has 0 aliphatic rings. The number of aromatic hydroxyl groups is 2. The van der Waals surface area contributed by atoms with Crippen molar-refractivity contribution < 1.29 is 19.7 Å². The van der Waals surface area contributed by atoms with Gasteiger partial charge in [-0.3, -0.25) is 23.7 Å². The van der Waals surface area contributed by atoms with E-state index in [4.69, 9.17) is 4.74 Å². The first-order chi connectivity index (χ1) is 16.1. The molecule has 2 rings (SSSR count). The minimum Gasteiger partial charge on any atom is -0.506 e. The van der Waals surface area contributed by atoms with Crippen LogP contribution in [0.15, 0.2) is 32.8 Å². The summed E-state index contributed by atoms with van der Waals surface area (Å²) in [6, 6.07) is 3.38. The fourth-order valence-electron chi connectivity index (χ4n) is 3.55. The first-order valence-corrected chi connectivity index (χ1v) is 11.8. The molecule has 1 aromatic heterocycles. The number of carbonyl (C=O) groups is 1. The highest BCUT2D eigenvalue weighted by Crippen LogP contribution is 2.31. The van der Waals surface area contributed by atoms with Gasteiger partial charge in [-0.15, -0.1) is 0 Å². The van der Waals surface area contributed by atoms with Gasteiger partial charge in [0.2, 0.25) is 5.88 Å². The van der Waals surface area contributed by atoms with E-state index in [0.717, 1.165) is 47.5 Å². The van der Waals surface area contributed by atoms with Crippen LogP contribution in [0.2, 0.25) is 0 Å². The van der Waals surface area contributed by atoms with E-state index >= 15 is 0 Å². The van der Waals surface area contributed by atoms with Gasteiger partial charge in [-0.2, -0.15) is 0 Å². The van der Waals surface area contributed by atoms with Crippen LogP contribution in [0, 0.1) is 0 Å². The number of phenolic OH excluding ortho intramolecular Hbond substituents is 1. The number of hydrogen-bond acceptors (Lipinski definition) is 7. The van der Waals surface area contributed by atoms with Gasteiger partial charge in [0.1, 0.15) is 22.7 Å². The number of esters is 1. The van der Waals surface area contributed by atoms with E-state index in [1.807, 2.05) is 0 Å². The summed E-state index contributed by atoms with van der Waals surface area (Å²) in [5.74, 6) is -0.935. The second-order valence-electron chi connectivity index (χ2n) is 8.80. The summed E-state index contributed by atoms with van der Waals surface area (Å²) in [4.78, 5) is 41.6. The quantitative estimate of drug-likeness (QED) is 0.213. The Labute approximate surface area is 199 Å². The molecule has 1 heterocycles. The largest absolute Gasteiger partial charge is 0.506 e. The lowest BCUT2D eigenvalue weighted by Crippen LogP contribution is -2.43. The van der Waals surface area contributed by atoms with Crippen molar-refractivity contribution in [3.63, 3.8) is 0 Å². The van der Waals surface area contributed by atoms with Crippen molar-refractivity contribution in [1.82, 2.24) is 9.13 Å². The van der Waals surface area contributed by atoms with Crippen molar-refractivity contribution in [2.75, 3.05) is 0 Å². The second kappa shape index (κ2) is 12.2. The van der Waals surface area contributed by atoms with Gasteiger partial charge in [0.15, 0.2) is 0 Å². The zero-order chi connectivity index (χ0) is 25.4. The zero-order valence-corrected chi connectivity index (χ0v) is 20.6. The van der Waals surface area contributed by atoms with Gasteiger partial charge < -0.3 is 14.9 Å². The molecule has 0 radical (unpaired) electrons. The summed E-state index contributed by atoms with van der Waals surface area (Å²) in [5, 5.41) is 20.9. The third-order valence-corrected chi connectivity index (χ3v) is 5.36. The molecule has 0 aliphatic heterocycles. The minimum atomic E-state index is -0.679. The molecule has 0 bridgehead atoms. The van der Waals surface area contributed by atoms with Gasteiger partial charge in [0, 0.05) is 30.8 Å². The van der Waals surface area contributed by atoms with Gasteiger partial charge in [0.25, 0.3) is 5.56 Å². The maximum absolute atomic E-state index is 12.8. The maximum atomic E-state index is 12.8. The third-order valence-electron chi connectivity index (χ3n) is 5.36. The highest BCUT2D eigenvalue weighted by Gasteiger charge is 2.21. The fourth-order valence-corrected chi connectivity index (χ4v) is 3.55. The van der Waals surface area contributed by atoms with E-state index in [0.29, 0.717) is 6.42 Å². The van der Waals surface area contributed by atoms with Gasteiger partial charge in [-0.1, -0.05) is 32.6 Å². The van der Waals surface area contributed by atoms with E-state index in [1.54, 1.807) is 27.7 Å². The Balaban J connectivity index is 2.24. The van der Waals surface area contributed by atoms with E-state index in [-0.39, 0.29) is 34.8 Å². The molecule has 0 spiro atoms. The fraction of sp³-hybridized carbons (Fsp3) is 0.520. The van der Waals surface area contributed by atoms with Gasteiger partial charge in [0.05, 0.1) is 0 Å². The zero-order valence-electron chi connectivity index (χ0n) is 20.6. The Kier molecular flexibility index (Phi) is 9.65. The van der Waals surface area contributed by atoms with Crippen molar-refractivity contribution in [3.05, 3.63) is 44.6 Å². The van der Waals surface area contributed by atoms with Crippen LogP contribution in [0.3, 0.4) is 0 Å². The Hall–Kier alpha value is -3.36. The number of nitrogens with zero attached hydrogens (tertiary/aromatic N) is 3. The van der Waals surface area contributed by atoms with Crippen LogP contribution in [0.1, 0.15) is 90.8 Å². The number of unbranched alkanes of at least 4 members (excludes halogenated alkanes) is 4. The van der Waals surface area contributed by atoms with Crippen LogP contribution in [-0.4, -0.2) is 31.5 Å². The molecule has 9 heteroatoms. The smallest absolute Gasteiger partial charge is 0.334 e. The highest BCUT2D eigenvalue weighted by molar-refractivity contribution is 5.85. The van der Waals surface area contributed by atoms with Crippen molar-refractivity contribution in [2.24, 2.45) is 4.99 Å². The normalized spacial score (nSPS) is 11.6. The molecule has 2 aromatic rings. The summed E-state index contributed by atoms with van der Waals surface area (Å²) >= 11 is 0. The number of hydrogen-bond donors (Lipinski definition) is 2. The summed E-state index contributed by atoms with van der Waals surface area (Å²) < 4.78 is 7.44. The highest BCUT2D eigenvalue weighted by atomic mass is 16.5. The van der Waals surface area contributed by atoms with Crippen molar-refractivity contribution in [3.8, 4) is 17.4 Å². The molecule has 2 N–H and O–H groups in total. The van der Waals surface area contributed by atoms with Gasteiger partial charge >= 0.3 is 11.7 Å². The van der Waals surface area contributed by atoms with E-state index in [1.165, 1.54) is 18.2 Å². The van der Waals surface area contributed by atoms with Gasteiger partial charge in [-0.05, 0) is 46.2 Å². The molecule has 1 aromatic carbocycles. The lowest BCUT2D eigenvalue weighted by Gasteiger charge is -2.18. The van der Waals surface area contributed by atoms with Crippen molar-refractivity contribution in [2.45, 2.75) is 85.2 Å². The molecule has 186 valence electrons. The predicted octanol–water partition coefficient (Wildman–Crippen LogP) is 4.60. The second-order valence-corrected chi connectivity index (χ2v) is 8.80. The van der Waals surface area contributed by atoms with Gasteiger partial charge in [-0.25, -0.2) is 4.79 Å². The first kappa shape index (κ1) is 26.9. The summed E-state index contributed by atoms with van der Waals surface area (Å²) in [6.45, 7) is 8.95. The molecule has 0 fully saturated rings. The lowest BCUT2D eigenvalue weighted by molar-refractivity contribution is -0.134. The SMILES string of the molecule is CCCCCCCC(=O)Oc1ccc(N=Cc2c(O)n(C(C)C)c(=O)n(C(C)C)c2=O)c(O)c1. The Bertz CT molecular complexity index is 1140. The monoisotopic (exact) mass is 473 g/mol. The predicted molar refractivity (Wildman–Crippen MR) is 132 cm³/mol. The number of phenols is 1. The Morgan fingerprint density at radius 3 is 2.26 bits per heavy atom. The minimum absolute atomic E-state index is 0.108. The summed E-state index contributed by atoms with van der Waals surface area (Å²) in [5.41, 5.74) is -1.34. The number of ether oxygens (including phenoxy) is 1. The molecule has 0 amide bonds. The van der Waals surface area contributed by atoms with Crippen molar-refractivity contribution in [1.29, 1.82) is 0 Å². The molecular formula is C25H35N3O6. The first-order valence-electron chi connectivity index (χ1n) is 11.8. The van der Waals surface area contributed by atoms with Crippen LogP contribution in [0.4, 0.5) is 5.69 Å². The van der Waals surface area contributed by atoms with E-state index in [2.05, 4.69) is 11.9 Å².